The first-order valence-electron chi connectivity index (χ1n) is 5.99. The molecule has 0 saturated heterocycles. The summed E-state index contributed by atoms with van der Waals surface area (Å²) < 4.78 is 19.1. The van der Waals surface area contributed by atoms with Crippen molar-refractivity contribution in [2.75, 3.05) is 0 Å². The molecule has 0 heterocycles. The standard InChI is InChI=1S/C15H13ClFNOS/c16-13-2-1-3-14(17)12(13)9-19-11-6-4-10(5-7-11)8-15(18)20/h1-7H,8-9H2,(H2,18,20). The zero-order valence-electron chi connectivity index (χ0n) is 10.6. The van der Waals surface area contributed by atoms with Crippen molar-refractivity contribution >= 4 is 28.8 Å². The first kappa shape index (κ1) is 14.8. The predicted molar refractivity (Wildman–Crippen MR) is 82.7 cm³/mol. The molecule has 0 aliphatic heterocycles. The monoisotopic (exact) mass is 309 g/mol. The van der Waals surface area contributed by atoms with Gasteiger partial charge in [0.15, 0.2) is 0 Å². The zero-order valence-corrected chi connectivity index (χ0v) is 12.2. The Balaban J connectivity index is 2.02. The smallest absolute Gasteiger partial charge is 0.131 e. The van der Waals surface area contributed by atoms with Crippen LogP contribution in [0.4, 0.5) is 4.39 Å². The summed E-state index contributed by atoms with van der Waals surface area (Å²) in [5, 5.41) is 0.357. The second kappa shape index (κ2) is 6.68. The molecule has 2 nitrogen and oxygen atoms in total. The van der Waals surface area contributed by atoms with E-state index in [-0.39, 0.29) is 12.4 Å². The van der Waals surface area contributed by atoms with Crippen molar-refractivity contribution in [3.05, 3.63) is 64.4 Å². The molecule has 0 unspecified atom stereocenters. The van der Waals surface area contributed by atoms with Gasteiger partial charge in [-0.15, -0.1) is 0 Å². The quantitative estimate of drug-likeness (QED) is 0.851. The molecule has 0 radical (unpaired) electrons. The van der Waals surface area contributed by atoms with Gasteiger partial charge in [-0.1, -0.05) is 42.0 Å². The summed E-state index contributed by atoms with van der Waals surface area (Å²) in [6.45, 7) is 0.0835. The third-order valence-corrected chi connectivity index (χ3v) is 3.25. The number of nitrogens with two attached hydrogens (primary N) is 1. The Labute approximate surface area is 127 Å². The lowest BCUT2D eigenvalue weighted by Crippen LogP contribution is -2.10. The minimum absolute atomic E-state index is 0.0835. The topological polar surface area (TPSA) is 35.2 Å². The van der Waals surface area contributed by atoms with Gasteiger partial charge in [0, 0.05) is 12.0 Å². The molecule has 5 heteroatoms. The molecule has 2 N–H and O–H groups in total. The lowest BCUT2D eigenvalue weighted by molar-refractivity contribution is 0.300. The molecule has 2 aromatic rings. The van der Waals surface area contributed by atoms with Gasteiger partial charge >= 0.3 is 0 Å². The maximum Gasteiger partial charge on any atom is 0.131 e. The molecule has 0 aromatic heterocycles. The van der Waals surface area contributed by atoms with Crippen molar-refractivity contribution in [3.8, 4) is 5.75 Å². The van der Waals surface area contributed by atoms with Crippen LogP contribution in [0.5, 0.6) is 5.75 Å². The van der Waals surface area contributed by atoms with Gasteiger partial charge in [-0.3, -0.25) is 0 Å². The molecule has 0 aliphatic rings. The van der Waals surface area contributed by atoms with Crippen molar-refractivity contribution in [1.29, 1.82) is 0 Å². The zero-order chi connectivity index (χ0) is 14.5. The second-order valence-electron chi connectivity index (χ2n) is 4.28. The van der Waals surface area contributed by atoms with Gasteiger partial charge in [0.05, 0.1) is 10.0 Å². The average molecular weight is 310 g/mol. The van der Waals surface area contributed by atoms with Crippen LogP contribution < -0.4 is 10.5 Å². The Morgan fingerprint density at radius 1 is 1.20 bits per heavy atom. The highest BCUT2D eigenvalue weighted by Crippen LogP contribution is 2.21. The Hall–Kier alpha value is -1.65. The van der Waals surface area contributed by atoms with E-state index >= 15 is 0 Å². The van der Waals surface area contributed by atoms with E-state index in [1.165, 1.54) is 6.07 Å². The summed E-state index contributed by atoms with van der Waals surface area (Å²) in [6, 6.07) is 11.9. The van der Waals surface area contributed by atoms with E-state index < -0.39 is 0 Å². The van der Waals surface area contributed by atoms with E-state index in [0.717, 1.165) is 5.56 Å². The van der Waals surface area contributed by atoms with Crippen LogP contribution in [0.2, 0.25) is 5.02 Å². The number of halogens is 2. The van der Waals surface area contributed by atoms with Crippen molar-refractivity contribution in [1.82, 2.24) is 0 Å². The van der Waals surface area contributed by atoms with E-state index in [2.05, 4.69) is 0 Å². The van der Waals surface area contributed by atoms with Gasteiger partial charge in [0.25, 0.3) is 0 Å². The highest BCUT2D eigenvalue weighted by atomic mass is 35.5. The van der Waals surface area contributed by atoms with Crippen molar-refractivity contribution < 1.29 is 9.13 Å². The third kappa shape index (κ3) is 3.92. The number of benzene rings is 2. The number of thiocarbonyl (C=S) groups is 1. The van der Waals surface area contributed by atoms with Crippen LogP contribution in [0.15, 0.2) is 42.5 Å². The molecule has 0 fully saturated rings. The van der Waals surface area contributed by atoms with Crippen LogP contribution in [0.1, 0.15) is 11.1 Å². The number of hydrogen-bond donors (Lipinski definition) is 1. The maximum absolute atomic E-state index is 13.6. The van der Waals surface area contributed by atoms with E-state index in [1.54, 1.807) is 24.3 Å². The van der Waals surface area contributed by atoms with Crippen molar-refractivity contribution in [2.45, 2.75) is 13.0 Å². The molecule has 0 bridgehead atoms. The van der Waals surface area contributed by atoms with Gasteiger partial charge in [0.1, 0.15) is 18.2 Å². The number of rotatable bonds is 5. The van der Waals surface area contributed by atoms with E-state index in [0.29, 0.717) is 27.7 Å². The van der Waals surface area contributed by atoms with E-state index in [9.17, 15) is 4.39 Å². The minimum Gasteiger partial charge on any atom is -0.489 e. The van der Waals surface area contributed by atoms with Crippen LogP contribution in [0.3, 0.4) is 0 Å². The third-order valence-electron chi connectivity index (χ3n) is 2.75. The molecule has 104 valence electrons. The summed E-state index contributed by atoms with van der Waals surface area (Å²) in [7, 11) is 0. The van der Waals surface area contributed by atoms with Crippen LogP contribution in [-0.4, -0.2) is 4.99 Å². The first-order chi connectivity index (χ1) is 9.56. The summed E-state index contributed by atoms with van der Waals surface area (Å²) >= 11 is 10.8. The lowest BCUT2D eigenvalue weighted by atomic mass is 10.1. The average Bonchev–Trinajstić information content (AvgIpc) is 2.39. The van der Waals surface area contributed by atoms with Gasteiger partial charge in [-0.25, -0.2) is 4.39 Å². The first-order valence-corrected chi connectivity index (χ1v) is 6.78. The van der Waals surface area contributed by atoms with E-state index in [1.807, 2.05) is 12.1 Å². The SMILES string of the molecule is NC(=S)Cc1ccc(OCc2c(F)cccc2Cl)cc1. The second-order valence-corrected chi connectivity index (χ2v) is 5.21. The molecule has 0 saturated carbocycles. The van der Waals surface area contributed by atoms with Gasteiger partial charge < -0.3 is 10.5 Å². The summed E-state index contributed by atoms with van der Waals surface area (Å²) in [5.41, 5.74) is 6.83. The van der Waals surface area contributed by atoms with Crippen LogP contribution in [0.25, 0.3) is 0 Å². The largest absolute Gasteiger partial charge is 0.489 e. The van der Waals surface area contributed by atoms with Gasteiger partial charge in [-0.2, -0.15) is 0 Å². The Bertz CT molecular complexity index is 596. The fourth-order valence-corrected chi connectivity index (χ4v) is 2.11. The van der Waals surface area contributed by atoms with Crippen LogP contribution >= 0.6 is 23.8 Å². The normalized spacial score (nSPS) is 10.3. The summed E-state index contributed by atoms with van der Waals surface area (Å²) in [4.78, 5) is 0.441. The van der Waals surface area contributed by atoms with Crippen molar-refractivity contribution in [2.24, 2.45) is 5.73 Å². The Morgan fingerprint density at radius 3 is 2.50 bits per heavy atom. The summed E-state index contributed by atoms with van der Waals surface area (Å²) in [6.07, 6.45) is 0.550. The molecule has 20 heavy (non-hydrogen) atoms. The molecule has 2 aromatic carbocycles. The number of hydrogen-bond acceptors (Lipinski definition) is 2. The fourth-order valence-electron chi connectivity index (χ4n) is 1.73. The highest BCUT2D eigenvalue weighted by molar-refractivity contribution is 7.80. The van der Waals surface area contributed by atoms with Gasteiger partial charge in [-0.05, 0) is 29.8 Å². The fraction of sp³-hybridized carbons (Fsp3) is 0.133. The highest BCUT2D eigenvalue weighted by Gasteiger charge is 2.07. The maximum atomic E-state index is 13.6. The molecule has 0 aliphatic carbocycles. The predicted octanol–water partition coefficient (Wildman–Crippen LogP) is 3.89. The molecular weight excluding hydrogens is 297 g/mol. The van der Waals surface area contributed by atoms with Crippen molar-refractivity contribution in [3.63, 3.8) is 0 Å². The molecule has 0 amide bonds. The minimum atomic E-state index is -0.373. The molecule has 0 spiro atoms. The lowest BCUT2D eigenvalue weighted by Gasteiger charge is -2.09. The summed E-state index contributed by atoms with van der Waals surface area (Å²) in [5.74, 6) is 0.263. The molecule has 2 rings (SSSR count). The van der Waals surface area contributed by atoms with Crippen LogP contribution in [-0.2, 0) is 13.0 Å². The molecular formula is C15H13ClFNOS. The Morgan fingerprint density at radius 2 is 1.90 bits per heavy atom. The van der Waals surface area contributed by atoms with Gasteiger partial charge in [0.2, 0.25) is 0 Å². The number of ether oxygens (including phenoxy) is 1. The molecule has 0 atom stereocenters. The van der Waals surface area contributed by atoms with Crippen LogP contribution in [0, 0.1) is 5.82 Å². The Kier molecular flexibility index (Phi) is 4.93. The van der Waals surface area contributed by atoms with E-state index in [4.69, 9.17) is 34.3 Å².